The van der Waals surface area contributed by atoms with Crippen LogP contribution >= 0.6 is 11.6 Å². The van der Waals surface area contributed by atoms with E-state index in [0.717, 1.165) is 18.0 Å². The molecule has 2 nitrogen and oxygen atoms in total. The van der Waals surface area contributed by atoms with Gasteiger partial charge in [-0.3, -0.25) is 0 Å². The van der Waals surface area contributed by atoms with E-state index in [9.17, 15) is 0 Å². The van der Waals surface area contributed by atoms with Crippen molar-refractivity contribution in [2.45, 2.75) is 64.6 Å². The van der Waals surface area contributed by atoms with Gasteiger partial charge in [0.05, 0.1) is 5.02 Å². The van der Waals surface area contributed by atoms with E-state index in [1.165, 1.54) is 16.5 Å². The molecule has 4 heteroatoms. The molecular weight excluding hydrogens is 344 g/mol. The molecule has 140 valence electrons. The maximum absolute atomic E-state index is 6.67. The van der Waals surface area contributed by atoms with Crippen LogP contribution in [0.15, 0.2) is 24.4 Å². The second-order valence-corrected chi connectivity index (χ2v) is 14.7. The summed E-state index contributed by atoms with van der Waals surface area (Å²) >= 11 is 6.67. The van der Waals surface area contributed by atoms with Crippen molar-refractivity contribution in [2.75, 3.05) is 20.6 Å². The minimum atomic E-state index is -1.78. The first-order chi connectivity index (χ1) is 11.6. The normalized spacial score (nSPS) is 13.2. The van der Waals surface area contributed by atoms with Crippen LogP contribution in [-0.4, -0.2) is 38.0 Å². The quantitative estimate of drug-likeness (QED) is 0.504. The van der Waals surface area contributed by atoms with Crippen LogP contribution in [0.5, 0.6) is 0 Å². The van der Waals surface area contributed by atoms with E-state index in [-0.39, 0.29) is 0 Å². The van der Waals surface area contributed by atoms with Crippen molar-refractivity contribution >= 4 is 30.7 Å². The zero-order valence-corrected chi connectivity index (χ0v) is 19.0. The van der Waals surface area contributed by atoms with Gasteiger partial charge in [0.25, 0.3) is 0 Å². The second-order valence-electron chi connectivity index (χ2n) is 8.56. The predicted octanol–water partition coefficient (Wildman–Crippen LogP) is 6.42. The Balaban J connectivity index is 2.78. The van der Waals surface area contributed by atoms with Gasteiger partial charge in [0, 0.05) is 17.4 Å². The number of fused-ring (bicyclic) bond motifs is 1. The fourth-order valence-electron chi connectivity index (χ4n) is 5.01. The lowest BCUT2D eigenvalue weighted by Gasteiger charge is -2.44. The Morgan fingerprint density at radius 3 is 2.04 bits per heavy atom. The van der Waals surface area contributed by atoms with Crippen molar-refractivity contribution in [2.24, 2.45) is 0 Å². The number of benzene rings is 1. The molecule has 0 aliphatic carbocycles. The highest BCUT2D eigenvalue weighted by atomic mass is 35.5. The van der Waals surface area contributed by atoms with Gasteiger partial charge >= 0.3 is 0 Å². The highest BCUT2D eigenvalue weighted by Gasteiger charge is 2.46. The van der Waals surface area contributed by atoms with E-state index in [0.29, 0.717) is 16.6 Å². The van der Waals surface area contributed by atoms with E-state index in [1.807, 2.05) is 6.07 Å². The Hall–Kier alpha value is -0.773. The van der Waals surface area contributed by atoms with Crippen molar-refractivity contribution in [3.63, 3.8) is 0 Å². The molecule has 0 atom stereocenters. The molecule has 1 aromatic carbocycles. The molecule has 2 aromatic rings. The first kappa shape index (κ1) is 20.5. The van der Waals surface area contributed by atoms with Crippen LogP contribution < -0.4 is 0 Å². The number of nitrogens with zero attached hydrogens (tertiary/aromatic N) is 2. The molecule has 2 rings (SSSR count). The maximum atomic E-state index is 6.67. The van der Waals surface area contributed by atoms with Gasteiger partial charge in [0.15, 0.2) is 8.24 Å². The number of likely N-dealkylation sites (N-methyl/N-ethyl adjacent to an activating group) is 1. The fraction of sp³-hybridized carbons (Fsp3) is 0.619. The molecule has 25 heavy (non-hydrogen) atoms. The minimum absolute atomic E-state index is 0.670. The highest BCUT2D eigenvalue weighted by molar-refractivity contribution is 6.82. The van der Waals surface area contributed by atoms with Crippen LogP contribution in [0.4, 0.5) is 0 Å². The molecule has 0 spiro atoms. The molecule has 0 N–H and O–H groups in total. The van der Waals surface area contributed by atoms with E-state index >= 15 is 0 Å². The second kappa shape index (κ2) is 7.85. The van der Waals surface area contributed by atoms with Gasteiger partial charge in [-0.1, -0.05) is 59.2 Å². The summed E-state index contributed by atoms with van der Waals surface area (Å²) in [5.74, 6) is 0. The third-order valence-electron chi connectivity index (χ3n) is 5.88. The number of hydrogen-bond acceptors (Lipinski definition) is 1. The van der Waals surface area contributed by atoms with E-state index in [2.05, 4.69) is 83.1 Å². The molecule has 0 saturated carbocycles. The third kappa shape index (κ3) is 3.56. The van der Waals surface area contributed by atoms with Gasteiger partial charge in [0.2, 0.25) is 0 Å². The zero-order chi connectivity index (χ0) is 18.9. The van der Waals surface area contributed by atoms with Crippen LogP contribution in [0.3, 0.4) is 0 Å². The summed E-state index contributed by atoms with van der Waals surface area (Å²) in [6.45, 7) is 15.6. The summed E-state index contributed by atoms with van der Waals surface area (Å²) in [6.07, 6.45) is 3.49. The van der Waals surface area contributed by atoms with Crippen molar-refractivity contribution < 1.29 is 0 Å². The summed E-state index contributed by atoms with van der Waals surface area (Å²) in [5.41, 5.74) is 4.74. The monoisotopic (exact) mass is 378 g/mol. The summed E-state index contributed by atoms with van der Waals surface area (Å²) < 4.78 is 2.69. The lowest BCUT2D eigenvalue weighted by molar-refractivity contribution is 0.414. The molecule has 0 saturated heterocycles. The first-order valence-electron chi connectivity index (χ1n) is 9.57. The summed E-state index contributed by atoms with van der Waals surface area (Å²) in [6, 6.07) is 6.42. The van der Waals surface area contributed by atoms with Crippen molar-refractivity contribution in [3.05, 3.63) is 35.0 Å². The molecular formula is C21H35ClN2Si. The molecule has 0 aliphatic rings. The average molecular weight is 379 g/mol. The molecule has 0 amide bonds. The Kier molecular flexibility index (Phi) is 6.45. The first-order valence-corrected chi connectivity index (χ1v) is 12.1. The number of hydrogen-bond donors (Lipinski definition) is 0. The molecule has 0 unspecified atom stereocenters. The zero-order valence-electron chi connectivity index (χ0n) is 17.2. The summed E-state index contributed by atoms with van der Waals surface area (Å²) in [5, 5.41) is 2.16. The minimum Gasteiger partial charge on any atom is -0.373 e. The molecule has 1 aromatic heterocycles. The van der Waals surface area contributed by atoms with Crippen molar-refractivity contribution in [1.82, 2.24) is 9.13 Å². The van der Waals surface area contributed by atoms with Crippen LogP contribution in [0, 0.1) is 0 Å². The number of aromatic nitrogens is 1. The molecule has 0 fully saturated rings. The molecule has 1 heterocycles. The topological polar surface area (TPSA) is 8.17 Å². The van der Waals surface area contributed by atoms with E-state index < -0.39 is 8.24 Å². The Morgan fingerprint density at radius 2 is 1.56 bits per heavy atom. The van der Waals surface area contributed by atoms with Crippen LogP contribution in [-0.2, 0) is 6.42 Å². The number of halogens is 1. The fourth-order valence-corrected chi connectivity index (χ4v) is 12.0. The Labute approximate surface area is 160 Å². The summed E-state index contributed by atoms with van der Waals surface area (Å²) in [7, 11) is 2.49. The van der Waals surface area contributed by atoms with Gasteiger partial charge in [-0.15, -0.1) is 0 Å². The third-order valence-corrected chi connectivity index (χ3v) is 12.9. The van der Waals surface area contributed by atoms with Crippen molar-refractivity contribution in [1.29, 1.82) is 0 Å². The lowest BCUT2D eigenvalue weighted by atomic mass is 10.1. The van der Waals surface area contributed by atoms with Gasteiger partial charge in [-0.2, -0.15) is 0 Å². The van der Waals surface area contributed by atoms with Crippen LogP contribution in [0.1, 0.15) is 47.1 Å². The number of rotatable bonds is 7. The Morgan fingerprint density at radius 1 is 1.00 bits per heavy atom. The lowest BCUT2D eigenvalue weighted by Crippen LogP contribution is -2.51. The van der Waals surface area contributed by atoms with E-state index in [4.69, 9.17) is 11.6 Å². The van der Waals surface area contributed by atoms with Gasteiger partial charge in [0.1, 0.15) is 0 Å². The summed E-state index contributed by atoms with van der Waals surface area (Å²) in [4.78, 5) is 2.25. The molecule has 0 bridgehead atoms. The average Bonchev–Trinajstić information content (AvgIpc) is 2.85. The van der Waals surface area contributed by atoms with Crippen LogP contribution in [0.2, 0.25) is 21.6 Å². The van der Waals surface area contributed by atoms with Gasteiger partial charge in [-0.05, 0) is 61.0 Å². The molecule has 0 aliphatic heterocycles. The SMILES string of the molecule is CC(C)[Si](C(C)C)(C(C)C)n1cc(CCN(C)C)c2c(Cl)cccc21. The standard InChI is InChI=1S/C21H35ClN2Si/c1-15(2)25(16(3)4,17(5)6)24-14-18(12-13-23(7)8)21-19(22)10-9-11-20(21)24/h9-11,14-17H,12-13H2,1-8H3. The highest BCUT2D eigenvalue weighted by Crippen LogP contribution is 2.45. The van der Waals surface area contributed by atoms with Gasteiger partial charge < -0.3 is 9.13 Å². The smallest absolute Gasteiger partial charge is 0.169 e. The van der Waals surface area contributed by atoms with Gasteiger partial charge in [-0.25, -0.2) is 0 Å². The van der Waals surface area contributed by atoms with Crippen molar-refractivity contribution in [3.8, 4) is 0 Å². The van der Waals surface area contributed by atoms with E-state index in [1.54, 1.807) is 0 Å². The predicted molar refractivity (Wildman–Crippen MR) is 116 cm³/mol. The molecule has 0 radical (unpaired) electrons. The maximum Gasteiger partial charge on any atom is 0.169 e. The van der Waals surface area contributed by atoms with Crippen LogP contribution in [0.25, 0.3) is 10.9 Å². The largest absolute Gasteiger partial charge is 0.373 e. The Bertz CT molecular complexity index is 694.